The molecule has 0 aromatic carbocycles. The third-order valence-corrected chi connectivity index (χ3v) is 3.67. The second-order valence-electron chi connectivity index (χ2n) is 6.34. The number of aromatic amines is 1. The summed E-state index contributed by atoms with van der Waals surface area (Å²) in [5.41, 5.74) is 2.46. The van der Waals surface area contributed by atoms with Crippen molar-refractivity contribution >= 4 is 29.3 Å². The molecule has 6 nitrogen and oxygen atoms in total. The lowest BCUT2D eigenvalue weighted by molar-refractivity contribution is -0.125. The molecule has 2 rings (SSSR count). The predicted molar refractivity (Wildman–Crippen MR) is 85.9 cm³/mol. The molecule has 0 aliphatic heterocycles. The van der Waals surface area contributed by atoms with E-state index in [2.05, 4.69) is 15.4 Å². The monoisotopic (exact) mass is 309 g/mol. The highest BCUT2D eigenvalue weighted by molar-refractivity contribution is 7.71. The minimum absolute atomic E-state index is 0.0567. The molecule has 1 amide bonds. The normalized spacial score (nSPS) is 13.6. The van der Waals surface area contributed by atoms with Gasteiger partial charge in [-0.2, -0.15) is 5.10 Å². The molecule has 0 saturated heterocycles. The number of hydrogen-bond donors (Lipinski definition) is 2. The topological polar surface area (TPSA) is 67.6 Å². The van der Waals surface area contributed by atoms with E-state index in [4.69, 9.17) is 12.2 Å². The Morgan fingerprint density at radius 2 is 2.10 bits per heavy atom. The summed E-state index contributed by atoms with van der Waals surface area (Å²) in [7, 11) is 1.87. The average molecular weight is 309 g/mol. The van der Waals surface area contributed by atoms with Crippen LogP contribution >= 0.6 is 12.2 Å². The van der Waals surface area contributed by atoms with Gasteiger partial charge in [0, 0.05) is 12.6 Å². The van der Waals surface area contributed by atoms with Crippen molar-refractivity contribution in [2.75, 3.05) is 0 Å². The van der Waals surface area contributed by atoms with Gasteiger partial charge in [-0.05, 0) is 46.3 Å². The van der Waals surface area contributed by atoms with Crippen molar-refractivity contribution in [2.24, 2.45) is 7.05 Å². The number of nitrogens with one attached hydrogen (secondary N) is 2. The van der Waals surface area contributed by atoms with Gasteiger partial charge >= 0.3 is 0 Å². The van der Waals surface area contributed by atoms with Crippen molar-refractivity contribution in [2.45, 2.75) is 52.6 Å². The number of H-pyrrole nitrogens is 1. The zero-order chi connectivity index (χ0) is 15.9. The predicted octanol–water partition coefficient (Wildman–Crippen LogP) is 2.47. The molecule has 2 heterocycles. The lowest BCUT2D eigenvalue weighted by Crippen LogP contribution is -2.43. The summed E-state index contributed by atoms with van der Waals surface area (Å²) in [5.74, 6) is -0.0567. The van der Waals surface area contributed by atoms with Crippen molar-refractivity contribution in [1.29, 1.82) is 0 Å². The largest absolute Gasteiger partial charge is 0.350 e. The molecule has 2 aromatic rings. The molecular weight excluding hydrogens is 286 g/mol. The van der Waals surface area contributed by atoms with E-state index in [-0.39, 0.29) is 11.4 Å². The average Bonchev–Trinajstić information content (AvgIpc) is 2.83. The number of carbonyl (C=O) groups is 1. The van der Waals surface area contributed by atoms with Crippen LogP contribution in [0.15, 0.2) is 0 Å². The van der Waals surface area contributed by atoms with E-state index in [0.29, 0.717) is 4.77 Å². The number of fused-ring (bicyclic) bond motifs is 1. The molecule has 0 aliphatic carbocycles. The molecule has 0 spiro atoms. The Kier molecular flexibility index (Phi) is 3.97. The molecule has 2 N–H and O–H groups in total. The van der Waals surface area contributed by atoms with Crippen LogP contribution in [-0.4, -0.2) is 30.8 Å². The summed E-state index contributed by atoms with van der Waals surface area (Å²) in [4.78, 5) is 15.6. The molecule has 0 aliphatic rings. The number of carbonyl (C=O) groups excluding carboxylic acids is 1. The summed E-state index contributed by atoms with van der Waals surface area (Å²) in [6, 6.07) is -0.398. The third-order valence-electron chi connectivity index (χ3n) is 3.37. The van der Waals surface area contributed by atoms with E-state index < -0.39 is 6.04 Å². The first-order valence-corrected chi connectivity index (χ1v) is 7.54. The van der Waals surface area contributed by atoms with Gasteiger partial charge in [0.2, 0.25) is 5.91 Å². The molecule has 0 fully saturated rings. The van der Waals surface area contributed by atoms with Crippen molar-refractivity contribution in [1.82, 2.24) is 24.6 Å². The summed E-state index contributed by atoms with van der Waals surface area (Å²) < 4.78 is 4.16. The Morgan fingerprint density at radius 3 is 2.62 bits per heavy atom. The zero-order valence-corrected chi connectivity index (χ0v) is 14.3. The SMILES string of the molecule is CCc1nn(C)c2c1[nH]c(=S)n2C(C)C(=O)NC(C)(C)C. The third kappa shape index (κ3) is 2.88. The van der Waals surface area contributed by atoms with Gasteiger partial charge in [0.1, 0.15) is 11.6 Å². The Hall–Kier alpha value is -1.63. The zero-order valence-electron chi connectivity index (χ0n) is 13.4. The highest BCUT2D eigenvalue weighted by atomic mass is 32.1. The molecule has 2 aromatic heterocycles. The fourth-order valence-corrected chi connectivity index (χ4v) is 2.78. The van der Waals surface area contributed by atoms with Gasteiger partial charge in [-0.25, -0.2) is 0 Å². The van der Waals surface area contributed by atoms with Crippen LogP contribution in [0.25, 0.3) is 11.2 Å². The number of nitrogens with zero attached hydrogens (tertiary/aromatic N) is 3. The van der Waals surface area contributed by atoms with Crippen molar-refractivity contribution < 1.29 is 4.79 Å². The second-order valence-corrected chi connectivity index (χ2v) is 6.72. The van der Waals surface area contributed by atoms with Gasteiger partial charge in [-0.3, -0.25) is 14.0 Å². The molecule has 7 heteroatoms. The molecule has 116 valence electrons. The number of aromatic nitrogens is 4. The fourth-order valence-electron chi connectivity index (χ4n) is 2.44. The van der Waals surface area contributed by atoms with Gasteiger partial charge in [0.05, 0.1) is 5.69 Å². The highest BCUT2D eigenvalue weighted by Gasteiger charge is 2.25. The molecule has 1 atom stereocenters. The summed E-state index contributed by atoms with van der Waals surface area (Å²) in [6.45, 7) is 9.78. The minimum atomic E-state index is -0.398. The lowest BCUT2D eigenvalue weighted by Gasteiger charge is -2.24. The number of hydrogen-bond acceptors (Lipinski definition) is 3. The van der Waals surface area contributed by atoms with E-state index in [1.54, 1.807) is 4.68 Å². The van der Waals surface area contributed by atoms with E-state index in [1.165, 1.54) is 0 Å². The molecule has 0 bridgehead atoms. The molecule has 1 unspecified atom stereocenters. The Balaban J connectivity index is 2.51. The summed E-state index contributed by atoms with van der Waals surface area (Å²) in [6.07, 6.45) is 0.815. The van der Waals surface area contributed by atoms with Gasteiger partial charge in [0.25, 0.3) is 0 Å². The van der Waals surface area contributed by atoms with Crippen LogP contribution in [0, 0.1) is 4.77 Å². The fraction of sp³-hybridized carbons (Fsp3) is 0.643. The first-order chi connectivity index (χ1) is 9.65. The number of amides is 1. The van der Waals surface area contributed by atoms with E-state index in [0.717, 1.165) is 23.3 Å². The number of imidazole rings is 1. The van der Waals surface area contributed by atoms with Crippen LogP contribution in [0.2, 0.25) is 0 Å². The van der Waals surface area contributed by atoms with Gasteiger partial charge in [-0.15, -0.1) is 0 Å². The molecule has 0 saturated carbocycles. The standard InChI is InChI=1S/C14H23N5OS/c1-7-9-10-12(18(6)17-9)19(13(21)15-10)8(2)11(20)16-14(3,4)5/h8H,7H2,1-6H3,(H,15,21)(H,16,20). The van der Waals surface area contributed by atoms with E-state index >= 15 is 0 Å². The lowest BCUT2D eigenvalue weighted by atomic mass is 10.1. The minimum Gasteiger partial charge on any atom is -0.350 e. The summed E-state index contributed by atoms with van der Waals surface area (Å²) in [5, 5.41) is 7.46. The van der Waals surface area contributed by atoms with Crippen LogP contribution in [-0.2, 0) is 18.3 Å². The van der Waals surface area contributed by atoms with Crippen molar-refractivity contribution in [3.8, 4) is 0 Å². The second kappa shape index (κ2) is 5.29. The van der Waals surface area contributed by atoms with E-state index in [1.807, 2.05) is 46.2 Å². The van der Waals surface area contributed by atoms with Crippen molar-refractivity contribution in [3.05, 3.63) is 10.5 Å². The first kappa shape index (κ1) is 15.8. The Labute approximate surface area is 129 Å². The number of rotatable bonds is 3. The molecule has 21 heavy (non-hydrogen) atoms. The van der Waals surface area contributed by atoms with E-state index in [9.17, 15) is 4.79 Å². The summed E-state index contributed by atoms with van der Waals surface area (Å²) >= 11 is 5.40. The quantitative estimate of drug-likeness (QED) is 0.856. The van der Waals surface area contributed by atoms with Crippen LogP contribution in [0.5, 0.6) is 0 Å². The van der Waals surface area contributed by atoms with Crippen LogP contribution in [0.1, 0.15) is 46.4 Å². The van der Waals surface area contributed by atoms with Crippen LogP contribution < -0.4 is 5.32 Å². The van der Waals surface area contributed by atoms with Gasteiger partial charge < -0.3 is 10.3 Å². The van der Waals surface area contributed by atoms with Crippen LogP contribution in [0.3, 0.4) is 0 Å². The maximum Gasteiger partial charge on any atom is 0.243 e. The number of aryl methyl sites for hydroxylation is 2. The maximum absolute atomic E-state index is 12.4. The smallest absolute Gasteiger partial charge is 0.243 e. The van der Waals surface area contributed by atoms with Gasteiger partial charge in [0.15, 0.2) is 10.4 Å². The Morgan fingerprint density at radius 1 is 1.48 bits per heavy atom. The Bertz CT molecular complexity index is 731. The molecular formula is C14H23N5OS. The first-order valence-electron chi connectivity index (χ1n) is 7.13. The van der Waals surface area contributed by atoms with Crippen LogP contribution in [0.4, 0.5) is 0 Å². The molecule has 0 radical (unpaired) electrons. The van der Waals surface area contributed by atoms with Crippen molar-refractivity contribution in [3.63, 3.8) is 0 Å². The maximum atomic E-state index is 12.4. The van der Waals surface area contributed by atoms with Gasteiger partial charge in [-0.1, -0.05) is 6.92 Å². The highest BCUT2D eigenvalue weighted by Crippen LogP contribution is 2.22.